The fourth-order valence-corrected chi connectivity index (χ4v) is 2.75. The molecular formula is C10H19NO2S. The quantitative estimate of drug-likeness (QED) is 0.712. The third-order valence-corrected chi connectivity index (χ3v) is 3.12. The Morgan fingerprint density at radius 2 is 1.93 bits per heavy atom. The molecule has 0 rings (SSSR count). The third kappa shape index (κ3) is 4.65. The number of rotatable bonds is 5. The number of hydrogen-bond acceptors (Lipinski definition) is 3. The van der Waals surface area contributed by atoms with E-state index in [0.717, 1.165) is 6.29 Å². The van der Waals surface area contributed by atoms with Crippen molar-refractivity contribution >= 4 is 24.0 Å². The highest BCUT2D eigenvalue weighted by Gasteiger charge is 2.31. The van der Waals surface area contributed by atoms with Crippen molar-refractivity contribution < 1.29 is 9.59 Å². The maximum atomic E-state index is 10.9. The van der Waals surface area contributed by atoms with Crippen LogP contribution in [-0.2, 0) is 9.59 Å². The molecule has 0 heterocycles. The lowest BCUT2D eigenvalue weighted by Crippen LogP contribution is -2.48. The Morgan fingerprint density at radius 1 is 1.43 bits per heavy atom. The first-order chi connectivity index (χ1) is 6.29. The summed E-state index contributed by atoms with van der Waals surface area (Å²) < 4.78 is -0.262. The highest BCUT2D eigenvalue weighted by atomic mass is 32.2. The summed E-state index contributed by atoms with van der Waals surface area (Å²) in [4.78, 5) is 21.7. The molecule has 0 spiro atoms. The van der Waals surface area contributed by atoms with Gasteiger partial charge in [0.15, 0.2) is 0 Å². The highest BCUT2D eigenvalue weighted by molar-refractivity contribution is 8.01. The molecule has 1 N–H and O–H groups in total. The molecule has 4 heteroatoms. The molecule has 0 radical (unpaired) electrons. The van der Waals surface area contributed by atoms with Crippen molar-refractivity contribution in [1.29, 1.82) is 0 Å². The Labute approximate surface area is 90.0 Å². The van der Waals surface area contributed by atoms with Crippen molar-refractivity contribution in [3.05, 3.63) is 0 Å². The van der Waals surface area contributed by atoms with Gasteiger partial charge in [0.2, 0.25) is 5.91 Å². The monoisotopic (exact) mass is 217 g/mol. The molecule has 0 aromatic carbocycles. The van der Waals surface area contributed by atoms with E-state index < -0.39 is 6.04 Å². The average molecular weight is 217 g/mol. The standard InChI is InChI=1S/C10H19NO2S/c1-7(2)14-10(4,5)9(6-12)11-8(3)13/h6-7,9H,1-5H3,(H,11,13)/t9-/m1/s1. The van der Waals surface area contributed by atoms with Crippen molar-refractivity contribution in [3.8, 4) is 0 Å². The molecule has 14 heavy (non-hydrogen) atoms. The summed E-state index contributed by atoms with van der Waals surface area (Å²) in [5.41, 5.74) is 0. The smallest absolute Gasteiger partial charge is 0.217 e. The van der Waals surface area contributed by atoms with Crippen LogP contribution in [-0.4, -0.2) is 28.2 Å². The Kier molecular flexibility index (Phi) is 5.19. The summed E-state index contributed by atoms with van der Waals surface area (Å²) in [5.74, 6) is -0.167. The Morgan fingerprint density at radius 3 is 2.21 bits per heavy atom. The topological polar surface area (TPSA) is 46.2 Å². The summed E-state index contributed by atoms with van der Waals surface area (Å²) in [7, 11) is 0. The molecule has 1 atom stereocenters. The van der Waals surface area contributed by atoms with Crippen LogP contribution in [0.3, 0.4) is 0 Å². The summed E-state index contributed by atoms with van der Waals surface area (Å²) in [6.07, 6.45) is 0.802. The summed E-state index contributed by atoms with van der Waals surface area (Å²) in [5, 5.41) is 3.08. The molecule has 1 amide bonds. The normalized spacial score (nSPS) is 13.9. The zero-order valence-corrected chi connectivity index (χ0v) is 10.3. The predicted octanol–water partition coefficient (Wildman–Crippen LogP) is 1.61. The highest BCUT2D eigenvalue weighted by Crippen LogP contribution is 2.31. The van der Waals surface area contributed by atoms with Gasteiger partial charge in [-0.05, 0) is 19.1 Å². The second kappa shape index (κ2) is 5.39. The average Bonchev–Trinajstić information content (AvgIpc) is 1.96. The van der Waals surface area contributed by atoms with Crippen molar-refractivity contribution in [1.82, 2.24) is 5.32 Å². The molecule has 0 fully saturated rings. The predicted molar refractivity (Wildman–Crippen MR) is 60.5 cm³/mol. The van der Waals surface area contributed by atoms with Gasteiger partial charge in [-0.2, -0.15) is 11.8 Å². The van der Waals surface area contributed by atoms with Crippen molar-refractivity contribution in [3.63, 3.8) is 0 Å². The second-order valence-corrected chi connectivity index (χ2v) is 6.32. The van der Waals surface area contributed by atoms with E-state index in [9.17, 15) is 9.59 Å². The SMILES string of the molecule is CC(=O)N[C@H](C=O)C(C)(C)SC(C)C. The van der Waals surface area contributed by atoms with E-state index in [-0.39, 0.29) is 10.7 Å². The van der Waals surface area contributed by atoms with Crippen LogP contribution in [0.1, 0.15) is 34.6 Å². The van der Waals surface area contributed by atoms with Crippen molar-refractivity contribution in [2.24, 2.45) is 0 Å². The van der Waals surface area contributed by atoms with Crippen LogP contribution in [0.15, 0.2) is 0 Å². The van der Waals surface area contributed by atoms with Gasteiger partial charge in [0.25, 0.3) is 0 Å². The van der Waals surface area contributed by atoms with Gasteiger partial charge in [-0.15, -0.1) is 0 Å². The molecule has 0 aliphatic heterocycles. The van der Waals surface area contributed by atoms with Crippen molar-refractivity contribution in [2.45, 2.75) is 50.7 Å². The minimum absolute atomic E-state index is 0.167. The van der Waals surface area contributed by atoms with Gasteiger partial charge in [-0.1, -0.05) is 13.8 Å². The van der Waals surface area contributed by atoms with Crippen LogP contribution in [0.25, 0.3) is 0 Å². The largest absolute Gasteiger partial charge is 0.345 e. The number of aldehydes is 1. The maximum absolute atomic E-state index is 10.9. The van der Waals surface area contributed by atoms with Gasteiger partial charge in [0.05, 0.1) is 6.04 Å². The van der Waals surface area contributed by atoms with Gasteiger partial charge < -0.3 is 10.1 Å². The number of nitrogens with one attached hydrogen (secondary N) is 1. The first-order valence-electron chi connectivity index (χ1n) is 4.70. The van der Waals surface area contributed by atoms with Gasteiger partial charge >= 0.3 is 0 Å². The molecule has 0 saturated carbocycles. The first-order valence-corrected chi connectivity index (χ1v) is 5.57. The fraction of sp³-hybridized carbons (Fsp3) is 0.800. The van der Waals surface area contributed by atoms with E-state index in [1.165, 1.54) is 6.92 Å². The maximum Gasteiger partial charge on any atom is 0.217 e. The number of carbonyl (C=O) groups is 2. The number of thioether (sulfide) groups is 1. The van der Waals surface area contributed by atoms with Crippen LogP contribution in [0, 0.1) is 0 Å². The first kappa shape index (κ1) is 13.5. The van der Waals surface area contributed by atoms with E-state index in [0.29, 0.717) is 5.25 Å². The minimum atomic E-state index is -0.424. The second-order valence-electron chi connectivity index (χ2n) is 4.08. The molecule has 0 saturated heterocycles. The van der Waals surface area contributed by atoms with Crippen molar-refractivity contribution in [2.75, 3.05) is 0 Å². The summed E-state index contributed by atoms with van der Waals surface area (Å²) in [6.45, 7) is 9.50. The lowest BCUT2D eigenvalue weighted by atomic mass is 10.1. The van der Waals surface area contributed by atoms with Gasteiger partial charge in [0.1, 0.15) is 6.29 Å². The van der Waals surface area contributed by atoms with Gasteiger partial charge in [0, 0.05) is 11.7 Å². The summed E-state index contributed by atoms with van der Waals surface area (Å²) in [6, 6.07) is -0.424. The molecule has 3 nitrogen and oxygen atoms in total. The molecule has 0 aliphatic rings. The molecule has 0 aromatic rings. The van der Waals surface area contributed by atoms with E-state index in [2.05, 4.69) is 19.2 Å². The zero-order valence-electron chi connectivity index (χ0n) is 9.46. The molecular weight excluding hydrogens is 198 g/mol. The van der Waals surface area contributed by atoms with E-state index in [1.807, 2.05) is 13.8 Å². The number of carbonyl (C=O) groups excluding carboxylic acids is 2. The number of amides is 1. The van der Waals surface area contributed by atoms with E-state index in [4.69, 9.17) is 0 Å². The lowest BCUT2D eigenvalue weighted by molar-refractivity contribution is -0.122. The van der Waals surface area contributed by atoms with E-state index >= 15 is 0 Å². The molecule has 0 aliphatic carbocycles. The number of hydrogen-bond donors (Lipinski definition) is 1. The Balaban J connectivity index is 4.47. The van der Waals surface area contributed by atoms with Crippen LogP contribution < -0.4 is 5.32 Å². The van der Waals surface area contributed by atoms with Crippen LogP contribution >= 0.6 is 11.8 Å². The molecule has 82 valence electrons. The van der Waals surface area contributed by atoms with Crippen LogP contribution in [0.5, 0.6) is 0 Å². The summed E-state index contributed by atoms with van der Waals surface area (Å²) >= 11 is 1.69. The van der Waals surface area contributed by atoms with Gasteiger partial charge in [-0.3, -0.25) is 4.79 Å². The fourth-order valence-electron chi connectivity index (χ4n) is 1.27. The van der Waals surface area contributed by atoms with Gasteiger partial charge in [-0.25, -0.2) is 0 Å². The van der Waals surface area contributed by atoms with E-state index in [1.54, 1.807) is 11.8 Å². The Bertz CT molecular complexity index is 214. The minimum Gasteiger partial charge on any atom is -0.345 e. The molecule has 0 unspecified atom stereocenters. The lowest BCUT2D eigenvalue weighted by Gasteiger charge is -2.31. The Hall–Kier alpha value is -0.510. The molecule has 0 aromatic heterocycles. The zero-order chi connectivity index (χ0) is 11.4. The molecule has 0 bridgehead atoms. The third-order valence-electron chi connectivity index (χ3n) is 1.78. The van der Waals surface area contributed by atoms with Crippen LogP contribution in [0.4, 0.5) is 0 Å². The van der Waals surface area contributed by atoms with Crippen LogP contribution in [0.2, 0.25) is 0 Å².